The van der Waals surface area contributed by atoms with E-state index in [9.17, 15) is 4.79 Å². The second-order valence-corrected chi connectivity index (χ2v) is 7.88. The Morgan fingerprint density at radius 3 is 2.82 bits per heavy atom. The molecule has 0 bridgehead atoms. The van der Waals surface area contributed by atoms with E-state index in [-0.39, 0.29) is 30.4 Å². The molecule has 28 heavy (non-hydrogen) atoms. The minimum absolute atomic E-state index is 0. The highest BCUT2D eigenvalue weighted by Crippen LogP contribution is 2.46. The molecule has 0 saturated carbocycles. The van der Waals surface area contributed by atoms with Gasteiger partial charge in [-0.1, -0.05) is 35.5 Å². The van der Waals surface area contributed by atoms with E-state index in [1.54, 1.807) is 11.8 Å². The van der Waals surface area contributed by atoms with Crippen LogP contribution in [0.4, 0.5) is 5.69 Å². The summed E-state index contributed by atoms with van der Waals surface area (Å²) in [5, 5.41) is 11.9. The van der Waals surface area contributed by atoms with Crippen LogP contribution in [0.15, 0.2) is 64.7 Å². The molecule has 4 nitrogen and oxygen atoms in total. The number of pyridine rings is 1. The van der Waals surface area contributed by atoms with Crippen LogP contribution in [-0.4, -0.2) is 18.1 Å². The van der Waals surface area contributed by atoms with Crippen LogP contribution in [0.3, 0.4) is 0 Å². The predicted octanol–water partition coefficient (Wildman–Crippen LogP) is 1.80. The zero-order chi connectivity index (χ0) is 19.0. The lowest BCUT2D eigenvalue weighted by Crippen LogP contribution is -3.00. The van der Waals surface area contributed by atoms with Gasteiger partial charge in [0.1, 0.15) is 6.42 Å². The van der Waals surface area contributed by atoms with E-state index >= 15 is 0 Å². The summed E-state index contributed by atoms with van der Waals surface area (Å²) < 4.78 is 1.99. The second kappa shape index (κ2) is 8.71. The zero-order valence-electron chi connectivity index (χ0n) is 15.1. The summed E-state index contributed by atoms with van der Waals surface area (Å²) in [7, 11) is 2.04. The Morgan fingerprint density at radius 2 is 2.04 bits per heavy atom. The molecule has 0 unspecified atom stereocenters. The molecule has 4 rings (SSSR count). The number of fused-ring (bicyclic) bond motifs is 2. The molecular formula is C21H18ClIN2O2S. The number of hydrogen-bond acceptors (Lipinski definition) is 3. The van der Waals surface area contributed by atoms with E-state index in [1.165, 1.54) is 4.90 Å². The number of rotatable bonds is 4. The molecule has 0 spiro atoms. The van der Waals surface area contributed by atoms with Crippen molar-refractivity contribution in [2.24, 2.45) is 0 Å². The Morgan fingerprint density at radius 1 is 1.25 bits per heavy atom. The molecule has 1 aliphatic rings. The number of aromatic nitrogens is 1. The van der Waals surface area contributed by atoms with E-state index in [4.69, 9.17) is 16.7 Å². The minimum Gasteiger partial charge on any atom is -1.00 e. The molecule has 144 valence electrons. The number of aliphatic carboxylic acids is 1. The van der Waals surface area contributed by atoms with Crippen molar-refractivity contribution in [2.75, 3.05) is 11.9 Å². The Kier molecular flexibility index (Phi) is 6.52. The van der Waals surface area contributed by atoms with Crippen molar-refractivity contribution in [3.63, 3.8) is 0 Å². The molecule has 2 heterocycles. The fourth-order valence-electron chi connectivity index (χ4n) is 3.24. The topological polar surface area (TPSA) is 44.4 Å². The molecule has 0 aliphatic carbocycles. The number of benzene rings is 2. The minimum atomic E-state index is -0.793. The summed E-state index contributed by atoms with van der Waals surface area (Å²) in [6, 6.07) is 16.1. The van der Waals surface area contributed by atoms with Gasteiger partial charge in [-0.15, -0.1) is 0 Å². The first-order valence-corrected chi connectivity index (χ1v) is 9.78. The van der Waals surface area contributed by atoms with E-state index in [2.05, 4.69) is 17.0 Å². The van der Waals surface area contributed by atoms with Crippen LogP contribution in [0.1, 0.15) is 12.0 Å². The van der Waals surface area contributed by atoms with Gasteiger partial charge in [0.15, 0.2) is 12.7 Å². The lowest BCUT2D eigenvalue weighted by Gasteiger charge is -2.14. The third-order valence-electron chi connectivity index (χ3n) is 4.63. The van der Waals surface area contributed by atoms with Crippen molar-refractivity contribution < 1.29 is 38.4 Å². The SMILES string of the molecule is CN1/C(=C/c2cc[n+](CCC(=O)O)c3ccccc23)Sc2ccc(Cl)cc21.[I-]. The number of aryl methyl sites for hydroxylation is 1. The first-order chi connectivity index (χ1) is 13.0. The monoisotopic (exact) mass is 524 g/mol. The molecule has 0 fully saturated rings. The first-order valence-electron chi connectivity index (χ1n) is 8.59. The van der Waals surface area contributed by atoms with Gasteiger partial charge in [-0.3, -0.25) is 4.79 Å². The van der Waals surface area contributed by atoms with Crippen molar-refractivity contribution in [3.05, 3.63) is 70.3 Å². The number of halogens is 2. The van der Waals surface area contributed by atoms with Crippen LogP contribution in [0.2, 0.25) is 5.02 Å². The number of thioether (sulfide) groups is 1. The predicted molar refractivity (Wildman–Crippen MR) is 110 cm³/mol. The van der Waals surface area contributed by atoms with Crippen molar-refractivity contribution in [1.29, 1.82) is 0 Å². The molecule has 1 aromatic heterocycles. The van der Waals surface area contributed by atoms with Gasteiger partial charge < -0.3 is 34.0 Å². The fraction of sp³-hybridized carbons (Fsp3) is 0.143. The van der Waals surface area contributed by atoms with Crippen LogP contribution >= 0.6 is 23.4 Å². The third-order valence-corrected chi connectivity index (χ3v) is 6.03. The van der Waals surface area contributed by atoms with Crippen LogP contribution in [0.25, 0.3) is 17.0 Å². The maximum Gasteiger partial charge on any atom is 0.309 e. The maximum atomic E-state index is 10.9. The highest BCUT2D eigenvalue weighted by Gasteiger charge is 2.23. The zero-order valence-corrected chi connectivity index (χ0v) is 18.8. The highest BCUT2D eigenvalue weighted by molar-refractivity contribution is 8.03. The van der Waals surface area contributed by atoms with E-state index in [1.807, 2.05) is 60.3 Å². The first kappa shape index (κ1) is 21.0. The van der Waals surface area contributed by atoms with Crippen molar-refractivity contribution in [1.82, 2.24) is 0 Å². The highest BCUT2D eigenvalue weighted by atomic mass is 127. The number of para-hydroxylation sites is 1. The van der Waals surface area contributed by atoms with Gasteiger partial charge in [0.2, 0.25) is 5.52 Å². The van der Waals surface area contributed by atoms with Gasteiger partial charge in [0.05, 0.1) is 16.1 Å². The third kappa shape index (κ3) is 4.14. The number of carboxylic acids is 1. The van der Waals surface area contributed by atoms with Crippen molar-refractivity contribution >= 4 is 52.0 Å². The molecule has 0 amide bonds. The molecule has 1 N–H and O–H groups in total. The summed E-state index contributed by atoms with van der Waals surface area (Å²) in [5.74, 6) is -0.793. The van der Waals surface area contributed by atoms with Gasteiger partial charge in [-0.05, 0) is 35.9 Å². The molecule has 1 aliphatic heterocycles. The summed E-state index contributed by atoms with van der Waals surface area (Å²) in [4.78, 5) is 14.3. The molecule has 2 aromatic carbocycles. The number of hydrogen-bond donors (Lipinski definition) is 1. The number of carbonyl (C=O) groups is 1. The van der Waals surface area contributed by atoms with Crippen LogP contribution in [0, 0.1) is 0 Å². The number of anilines is 1. The molecular weight excluding hydrogens is 507 g/mol. The van der Waals surface area contributed by atoms with Crippen molar-refractivity contribution in [2.45, 2.75) is 17.9 Å². The van der Waals surface area contributed by atoms with Crippen LogP contribution in [-0.2, 0) is 11.3 Å². The summed E-state index contributed by atoms with van der Waals surface area (Å²) >= 11 is 7.86. The van der Waals surface area contributed by atoms with E-state index < -0.39 is 5.97 Å². The average molecular weight is 525 g/mol. The van der Waals surface area contributed by atoms with Gasteiger partial charge in [-0.25, -0.2) is 0 Å². The smallest absolute Gasteiger partial charge is 0.309 e. The standard InChI is InChI=1S/C21H17ClN2O2S.HI/c1-23-18-13-15(22)6-7-19(18)27-20(23)12-14-8-10-24(11-9-21(25)26)17-5-3-2-4-16(14)17;/h2-8,10,12-13H,9,11H2,1H3;1H. The van der Waals surface area contributed by atoms with Gasteiger partial charge >= 0.3 is 5.97 Å². The Hall–Kier alpha value is -1.77. The lowest BCUT2D eigenvalue weighted by molar-refractivity contribution is -0.670. The summed E-state index contributed by atoms with van der Waals surface area (Å²) in [6.07, 6.45) is 4.23. The normalized spacial score (nSPS) is 14.2. The Balaban J connectivity index is 0.00000225. The van der Waals surface area contributed by atoms with Gasteiger partial charge in [0, 0.05) is 29.1 Å². The maximum absolute atomic E-state index is 10.9. The largest absolute Gasteiger partial charge is 1.00 e. The molecule has 3 aromatic rings. The second-order valence-electron chi connectivity index (χ2n) is 6.38. The quantitative estimate of drug-likeness (QED) is 0.418. The van der Waals surface area contributed by atoms with E-state index in [0.717, 1.165) is 32.2 Å². The van der Waals surface area contributed by atoms with Gasteiger partial charge in [-0.2, -0.15) is 4.57 Å². The Labute approximate surface area is 189 Å². The van der Waals surface area contributed by atoms with Crippen molar-refractivity contribution in [3.8, 4) is 0 Å². The van der Waals surface area contributed by atoms with Crippen LogP contribution < -0.4 is 33.4 Å². The molecule has 0 radical (unpaired) electrons. The summed E-state index contributed by atoms with van der Waals surface area (Å²) in [6.45, 7) is 0.450. The molecule has 7 heteroatoms. The molecule has 0 atom stereocenters. The molecule has 0 saturated heterocycles. The van der Waals surface area contributed by atoms with Gasteiger partial charge in [0.25, 0.3) is 0 Å². The fourth-order valence-corrected chi connectivity index (χ4v) is 4.49. The van der Waals surface area contributed by atoms with E-state index in [0.29, 0.717) is 6.54 Å². The number of carboxylic acid groups (broad SMARTS) is 1. The average Bonchev–Trinajstić information content (AvgIpc) is 2.96. The van der Waals surface area contributed by atoms with Crippen LogP contribution in [0.5, 0.6) is 0 Å². The summed E-state index contributed by atoms with van der Waals surface area (Å²) in [5.41, 5.74) is 3.24. The Bertz CT molecular complexity index is 1090. The lowest BCUT2D eigenvalue weighted by atomic mass is 10.1. The number of nitrogens with zero attached hydrogens (tertiary/aromatic N) is 2.